The SMILES string of the molecule is Cc1sc2c(c1C)C(c1ccc(Cl)cc1)=N[C@@H](CC(=O)NCCOCCOCCCc1cccc3c1c1cccnc1n3C1CCC(=O)NC1=O)c1nnc(C)n1-2. The summed E-state index contributed by atoms with van der Waals surface area (Å²) in [6.45, 7) is 8.19. The van der Waals surface area contributed by atoms with Crippen LogP contribution < -0.4 is 10.6 Å². The zero-order valence-corrected chi connectivity index (χ0v) is 33.6. The molecule has 8 rings (SSSR count). The molecule has 2 aromatic carbocycles. The number of aryl methyl sites for hydroxylation is 3. The molecule has 2 N–H and O–H groups in total. The highest BCUT2D eigenvalue weighted by molar-refractivity contribution is 7.15. The standard InChI is InChI=1S/C42H43ClN8O5S/c1-24-25(2)57-42-36(24)38(28-11-13-29(43)14-12-28)46-31(40-49-48-26(3)50(40)42)23-35(53)44-18-20-56-22-21-55-19-6-8-27-7-4-10-32-37(27)30-9-5-17-45-39(30)51(32)33-15-16-34(52)47-41(33)54/h4-5,7,9-14,17,31,33H,6,8,15-16,18-23H2,1-3H3,(H,44,53)(H,47,52,54)/t31-,33?/m0/s1. The fraction of sp³-hybridized carbons (Fsp3) is 0.357. The van der Waals surface area contributed by atoms with Crippen molar-refractivity contribution in [1.29, 1.82) is 0 Å². The normalized spacial score (nSPS) is 16.7. The molecule has 2 aliphatic rings. The second kappa shape index (κ2) is 16.7. The Kier molecular flexibility index (Phi) is 11.3. The largest absolute Gasteiger partial charge is 0.379 e. The van der Waals surface area contributed by atoms with Crippen LogP contribution in [0.25, 0.3) is 26.9 Å². The highest BCUT2D eigenvalue weighted by atomic mass is 35.5. The Morgan fingerprint density at radius 3 is 2.61 bits per heavy atom. The van der Waals surface area contributed by atoms with Crippen molar-refractivity contribution in [2.24, 2.45) is 4.99 Å². The number of benzene rings is 2. The van der Waals surface area contributed by atoms with Gasteiger partial charge in [0.2, 0.25) is 17.7 Å². The van der Waals surface area contributed by atoms with Crippen LogP contribution in [0.5, 0.6) is 0 Å². The van der Waals surface area contributed by atoms with Gasteiger partial charge in [0.25, 0.3) is 0 Å². The zero-order valence-electron chi connectivity index (χ0n) is 32.0. The Morgan fingerprint density at radius 1 is 1.00 bits per heavy atom. The summed E-state index contributed by atoms with van der Waals surface area (Å²) in [7, 11) is 0. The van der Waals surface area contributed by atoms with Gasteiger partial charge in [-0.25, -0.2) is 4.98 Å². The molecule has 6 heterocycles. The monoisotopic (exact) mass is 806 g/mol. The van der Waals surface area contributed by atoms with Crippen molar-refractivity contribution < 1.29 is 23.9 Å². The number of rotatable bonds is 14. The first kappa shape index (κ1) is 38.6. The van der Waals surface area contributed by atoms with Crippen LogP contribution >= 0.6 is 22.9 Å². The van der Waals surface area contributed by atoms with Crippen molar-refractivity contribution in [3.8, 4) is 5.00 Å². The van der Waals surface area contributed by atoms with E-state index in [9.17, 15) is 14.4 Å². The quantitative estimate of drug-likeness (QED) is 0.0941. The molecule has 0 saturated carbocycles. The number of amides is 3. The van der Waals surface area contributed by atoms with Crippen molar-refractivity contribution in [3.05, 3.63) is 105 Å². The molecule has 2 atom stereocenters. The van der Waals surface area contributed by atoms with Crippen molar-refractivity contribution >= 4 is 68.3 Å². The topological polar surface area (TPSA) is 155 Å². The second-order valence-corrected chi connectivity index (χ2v) is 15.9. The van der Waals surface area contributed by atoms with Gasteiger partial charge in [-0.1, -0.05) is 35.9 Å². The third-order valence-electron chi connectivity index (χ3n) is 10.6. The van der Waals surface area contributed by atoms with Gasteiger partial charge in [-0.15, -0.1) is 21.5 Å². The van der Waals surface area contributed by atoms with Crippen LogP contribution in [0.4, 0.5) is 0 Å². The van der Waals surface area contributed by atoms with Crippen LogP contribution in [0, 0.1) is 20.8 Å². The Labute approximate surface area is 338 Å². The van der Waals surface area contributed by atoms with E-state index in [2.05, 4.69) is 45.7 Å². The molecule has 1 saturated heterocycles. The van der Waals surface area contributed by atoms with E-state index in [4.69, 9.17) is 26.1 Å². The summed E-state index contributed by atoms with van der Waals surface area (Å²) in [5, 5.41) is 18.0. The molecule has 13 nitrogen and oxygen atoms in total. The maximum atomic E-state index is 13.3. The van der Waals surface area contributed by atoms with Gasteiger partial charge in [0.15, 0.2) is 5.82 Å². The highest BCUT2D eigenvalue weighted by Gasteiger charge is 2.33. The summed E-state index contributed by atoms with van der Waals surface area (Å²) in [5.74, 6) is 0.684. The van der Waals surface area contributed by atoms with Gasteiger partial charge >= 0.3 is 0 Å². The number of hydrogen-bond donors (Lipinski definition) is 2. The number of pyridine rings is 1. The predicted molar refractivity (Wildman–Crippen MR) is 220 cm³/mol. The third-order valence-corrected chi connectivity index (χ3v) is 12.0. The number of carbonyl (C=O) groups excluding carboxylic acids is 3. The van der Waals surface area contributed by atoms with Crippen LogP contribution in [0.2, 0.25) is 5.02 Å². The Morgan fingerprint density at radius 2 is 1.81 bits per heavy atom. The van der Waals surface area contributed by atoms with Crippen LogP contribution in [0.3, 0.4) is 0 Å². The lowest BCUT2D eigenvalue weighted by Gasteiger charge is -2.23. The van der Waals surface area contributed by atoms with E-state index in [0.717, 1.165) is 73.6 Å². The minimum Gasteiger partial charge on any atom is -0.379 e. The zero-order chi connectivity index (χ0) is 39.6. The number of aliphatic imine (C=N–C) groups is 1. The molecule has 15 heteroatoms. The van der Waals surface area contributed by atoms with E-state index in [0.29, 0.717) is 56.7 Å². The van der Waals surface area contributed by atoms with E-state index in [-0.39, 0.29) is 24.1 Å². The summed E-state index contributed by atoms with van der Waals surface area (Å²) in [5.41, 5.74) is 6.71. The average Bonchev–Trinajstić information content (AvgIpc) is 3.81. The third kappa shape index (κ3) is 7.74. The maximum absolute atomic E-state index is 13.3. The fourth-order valence-corrected chi connectivity index (χ4v) is 9.12. The van der Waals surface area contributed by atoms with E-state index in [1.54, 1.807) is 17.5 Å². The van der Waals surface area contributed by atoms with Gasteiger partial charge in [-0.05, 0) is 81.5 Å². The van der Waals surface area contributed by atoms with Crippen molar-refractivity contribution in [2.75, 3.05) is 33.0 Å². The number of hydrogen-bond acceptors (Lipinski definition) is 10. The molecule has 294 valence electrons. The average molecular weight is 807 g/mol. The summed E-state index contributed by atoms with van der Waals surface area (Å²) >= 11 is 7.90. The minimum absolute atomic E-state index is 0.104. The second-order valence-electron chi connectivity index (χ2n) is 14.3. The first-order valence-corrected chi connectivity index (χ1v) is 20.4. The number of piperidine rings is 1. The molecule has 6 aromatic rings. The summed E-state index contributed by atoms with van der Waals surface area (Å²) in [6.07, 6.45) is 4.15. The maximum Gasteiger partial charge on any atom is 0.249 e. The smallest absolute Gasteiger partial charge is 0.249 e. The van der Waals surface area contributed by atoms with Gasteiger partial charge < -0.3 is 19.4 Å². The molecule has 3 amide bonds. The lowest BCUT2D eigenvalue weighted by Crippen LogP contribution is -2.41. The number of nitrogens with zero attached hydrogens (tertiary/aromatic N) is 6. The lowest BCUT2D eigenvalue weighted by molar-refractivity contribution is -0.135. The van der Waals surface area contributed by atoms with E-state index < -0.39 is 12.1 Å². The van der Waals surface area contributed by atoms with Gasteiger partial charge in [0.1, 0.15) is 28.6 Å². The van der Waals surface area contributed by atoms with Gasteiger partial charge in [0.05, 0.1) is 37.5 Å². The van der Waals surface area contributed by atoms with E-state index in [1.165, 1.54) is 4.88 Å². The molecule has 0 spiro atoms. The number of ether oxygens (including phenoxy) is 2. The molecular formula is C42H43ClN8O5S. The molecule has 0 bridgehead atoms. The molecule has 1 fully saturated rings. The Balaban J connectivity index is 0.820. The molecule has 4 aromatic heterocycles. The molecule has 2 aliphatic heterocycles. The molecule has 57 heavy (non-hydrogen) atoms. The Bertz CT molecular complexity index is 2520. The van der Waals surface area contributed by atoms with Gasteiger partial charge in [0, 0.05) is 57.6 Å². The van der Waals surface area contributed by atoms with Crippen molar-refractivity contribution in [1.82, 2.24) is 34.9 Å². The minimum atomic E-state index is -0.543. The number of imide groups is 1. The van der Waals surface area contributed by atoms with Gasteiger partial charge in [-0.2, -0.15) is 0 Å². The number of fused-ring (bicyclic) bond motifs is 6. The van der Waals surface area contributed by atoms with Crippen molar-refractivity contribution in [3.63, 3.8) is 0 Å². The Hall–Kier alpha value is -5.28. The number of nitrogens with one attached hydrogen (secondary N) is 2. The highest BCUT2D eigenvalue weighted by Crippen LogP contribution is 2.40. The van der Waals surface area contributed by atoms with E-state index >= 15 is 0 Å². The van der Waals surface area contributed by atoms with Crippen molar-refractivity contribution in [2.45, 2.75) is 65.0 Å². The number of aromatic nitrogens is 5. The summed E-state index contributed by atoms with van der Waals surface area (Å²) in [4.78, 5) is 49.0. The number of halogens is 1. The number of carbonyl (C=O) groups is 3. The van der Waals surface area contributed by atoms with Crippen LogP contribution in [-0.2, 0) is 30.3 Å². The van der Waals surface area contributed by atoms with E-state index in [1.807, 2.05) is 64.6 Å². The predicted octanol–water partition coefficient (Wildman–Crippen LogP) is 6.45. The van der Waals surface area contributed by atoms with Crippen LogP contribution in [0.15, 0.2) is 65.8 Å². The first-order chi connectivity index (χ1) is 27.7. The van der Waals surface area contributed by atoms with Crippen LogP contribution in [0.1, 0.15) is 76.5 Å². The fourth-order valence-electron chi connectivity index (χ4n) is 7.78. The molecule has 0 radical (unpaired) electrons. The molecule has 1 unspecified atom stereocenters. The van der Waals surface area contributed by atoms with Crippen LogP contribution in [-0.4, -0.2) is 80.7 Å². The molecule has 0 aliphatic carbocycles. The first-order valence-electron chi connectivity index (χ1n) is 19.2. The summed E-state index contributed by atoms with van der Waals surface area (Å²) in [6, 6.07) is 16.6. The summed E-state index contributed by atoms with van der Waals surface area (Å²) < 4.78 is 15.7. The number of thiophene rings is 1. The lowest BCUT2D eigenvalue weighted by atomic mass is 9.99. The molecular weight excluding hydrogens is 764 g/mol. The van der Waals surface area contributed by atoms with Gasteiger partial charge in [-0.3, -0.25) is 29.3 Å².